The molecule has 0 saturated heterocycles. The van der Waals surface area contributed by atoms with Gasteiger partial charge in [0.05, 0.1) is 0 Å². The Bertz CT molecular complexity index is 1980. The van der Waals surface area contributed by atoms with E-state index in [0.717, 1.165) is 78.2 Å². The number of nitrogens with one attached hydrogen (secondary N) is 5. The second-order valence-electron chi connectivity index (χ2n) is 22.5. The van der Waals surface area contributed by atoms with Crippen LogP contribution >= 0.6 is 0 Å². The van der Waals surface area contributed by atoms with Crippen molar-refractivity contribution in [1.29, 1.82) is 0 Å². The molecular formula is C67H125N9O9. The molecule has 0 aromatic heterocycles. The van der Waals surface area contributed by atoms with Crippen LogP contribution in [0, 0.1) is 0 Å². The van der Waals surface area contributed by atoms with Crippen molar-refractivity contribution < 1.29 is 43.2 Å². The fraction of sp³-hybridized carbons (Fsp3) is 0.657. The molecule has 0 fully saturated rings. The minimum atomic E-state index is -0.484. The number of ketones is 2. The lowest BCUT2D eigenvalue weighted by atomic mass is 9.98. The first-order valence-electron chi connectivity index (χ1n) is 30.2. The third-order valence-corrected chi connectivity index (χ3v) is 11.5. The molecule has 0 aromatic rings. The van der Waals surface area contributed by atoms with Crippen LogP contribution in [0.3, 0.4) is 0 Å². The number of unbranched alkanes of at least 4 members (excludes halogenated alkanes) is 9. The van der Waals surface area contributed by atoms with E-state index in [1.165, 1.54) is 89.9 Å². The molecule has 0 atom stereocenters. The SMILES string of the molecule is C=C(C)C(=O)N(CC)CC.C=C(C)C(=O)NC(C)(C)CC(C)=O.C=C(C)C(=O)NCCCCCCCCCCCC.C=C(C)C(=O)NCCCN(C)C.C=CC(=O)N(CC)CC.C=CC(=O)NC(C)(C)CC(C)=O.C=CC(=O)NCCCN(C)C. The van der Waals surface area contributed by atoms with E-state index in [2.05, 4.69) is 89.4 Å². The Hall–Kier alpha value is -6.27. The number of Topliss-reactive ketones (excluding diaryl/α,β-unsaturated/α-hetero) is 2. The van der Waals surface area contributed by atoms with E-state index in [4.69, 9.17) is 0 Å². The fourth-order valence-corrected chi connectivity index (χ4v) is 6.97. The van der Waals surface area contributed by atoms with Gasteiger partial charge in [-0.1, -0.05) is 111 Å². The molecule has 0 aliphatic heterocycles. The number of hydrogen-bond donors (Lipinski definition) is 5. The van der Waals surface area contributed by atoms with E-state index >= 15 is 0 Å². The van der Waals surface area contributed by atoms with Crippen molar-refractivity contribution in [2.24, 2.45) is 0 Å². The monoisotopic (exact) mass is 1200 g/mol. The van der Waals surface area contributed by atoms with Gasteiger partial charge in [0.25, 0.3) is 0 Å². The lowest BCUT2D eigenvalue weighted by Gasteiger charge is -2.24. The zero-order valence-electron chi connectivity index (χ0n) is 57.4. The van der Waals surface area contributed by atoms with Gasteiger partial charge in [-0.25, -0.2) is 0 Å². The summed E-state index contributed by atoms with van der Waals surface area (Å²) in [7, 11) is 8.05. The Labute approximate surface area is 518 Å². The Morgan fingerprint density at radius 1 is 0.400 bits per heavy atom. The van der Waals surface area contributed by atoms with Gasteiger partial charge in [-0.15, -0.1) is 0 Å². The predicted octanol–water partition coefficient (Wildman–Crippen LogP) is 10.4. The minimum absolute atomic E-state index is 0.00840. The number of carbonyl (C=O) groups excluding carboxylic acids is 9. The summed E-state index contributed by atoms with van der Waals surface area (Å²) in [5.41, 5.74) is 1.28. The molecule has 18 nitrogen and oxygen atoms in total. The van der Waals surface area contributed by atoms with Crippen LogP contribution in [0.4, 0.5) is 0 Å². The number of nitrogens with zero attached hydrogens (tertiary/aromatic N) is 4. The van der Waals surface area contributed by atoms with Crippen molar-refractivity contribution in [3.05, 3.63) is 86.6 Å². The zero-order chi connectivity index (χ0) is 67.7. The van der Waals surface area contributed by atoms with Crippen LogP contribution in [0.5, 0.6) is 0 Å². The summed E-state index contributed by atoms with van der Waals surface area (Å²) in [4.78, 5) is 106. The van der Waals surface area contributed by atoms with Crippen molar-refractivity contribution in [2.45, 2.75) is 205 Å². The third kappa shape index (κ3) is 71.9. The van der Waals surface area contributed by atoms with Gasteiger partial charge in [-0.2, -0.15) is 0 Å². The largest absolute Gasteiger partial charge is 0.353 e. The van der Waals surface area contributed by atoms with E-state index in [1.807, 2.05) is 69.7 Å². The van der Waals surface area contributed by atoms with Crippen molar-refractivity contribution in [3.63, 3.8) is 0 Å². The molecular weight excluding hydrogens is 1070 g/mol. The van der Waals surface area contributed by atoms with Gasteiger partial charge in [-0.05, 0) is 176 Å². The van der Waals surface area contributed by atoms with E-state index in [-0.39, 0.29) is 52.9 Å². The highest BCUT2D eigenvalue weighted by Gasteiger charge is 2.22. The van der Waals surface area contributed by atoms with Crippen LogP contribution in [0.25, 0.3) is 0 Å². The van der Waals surface area contributed by atoms with Gasteiger partial charge in [0.15, 0.2) is 0 Å². The van der Waals surface area contributed by atoms with E-state index in [1.54, 1.807) is 51.3 Å². The zero-order valence-corrected chi connectivity index (χ0v) is 57.4. The van der Waals surface area contributed by atoms with E-state index < -0.39 is 11.1 Å². The van der Waals surface area contributed by atoms with Crippen molar-refractivity contribution in [2.75, 3.05) is 87.1 Å². The summed E-state index contributed by atoms with van der Waals surface area (Å²) >= 11 is 0. The average Bonchev–Trinajstić information content (AvgIpc) is 3.44. The number of rotatable bonds is 36. The van der Waals surface area contributed by atoms with Crippen LogP contribution in [-0.2, 0) is 43.2 Å². The van der Waals surface area contributed by atoms with Gasteiger partial charge >= 0.3 is 0 Å². The highest BCUT2D eigenvalue weighted by Crippen LogP contribution is 2.11. The van der Waals surface area contributed by atoms with Crippen molar-refractivity contribution >= 4 is 52.9 Å². The second kappa shape index (κ2) is 59.5. The molecule has 0 bridgehead atoms. The number of amides is 7. The topological polar surface area (TPSA) is 227 Å². The molecule has 0 heterocycles. The molecule has 0 rings (SSSR count). The maximum absolute atomic E-state index is 11.2. The molecule has 0 radical (unpaired) electrons. The normalized spacial score (nSPS) is 9.99. The minimum Gasteiger partial charge on any atom is -0.353 e. The average molecular weight is 1200 g/mol. The lowest BCUT2D eigenvalue weighted by Crippen LogP contribution is -2.44. The van der Waals surface area contributed by atoms with Crippen LogP contribution in [0.2, 0.25) is 0 Å². The van der Waals surface area contributed by atoms with Crippen molar-refractivity contribution in [3.8, 4) is 0 Å². The summed E-state index contributed by atoms with van der Waals surface area (Å²) in [5, 5.41) is 13.7. The first kappa shape index (κ1) is 92.5. The molecule has 85 heavy (non-hydrogen) atoms. The maximum atomic E-state index is 11.2. The third-order valence-electron chi connectivity index (χ3n) is 11.5. The fourth-order valence-electron chi connectivity index (χ4n) is 6.97. The molecule has 18 heteroatoms. The molecule has 0 aliphatic carbocycles. The molecule has 0 unspecified atom stereocenters. The quantitative estimate of drug-likeness (QED) is 0.0293. The molecule has 492 valence electrons. The number of carbonyl (C=O) groups is 9. The van der Waals surface area contributed by atoms with Crippen molar-refractivity contribution in [1.82, 2.24) is 46.2 Å². The molecule has 7 amide bonds. The predicted molar refractivity (Wildman–Crippen MR) is 358 cm³/mol. The number of likely N-dealkylation sites (N-methyl/N-ethyl adjacent to an activating group) is 2. The summed E-state index contributed by atoms with van der Waals surface area (Å²) < 4.78 is 0. The molecule has 0 saturated carbocycles. The number of hydrogen-bond acceptors (Lipinski definition) is 11. The summed E-state index contributed by atoms with van der Waals surface area (Å²) in [6, 6.07) is 0. The van der Waals surface area contributed by atoms with Gasteiger partial charge in [0, 0.05) is 92.0 Å². The van der Waals surface area contributed by atoms with Crippen LogP contribution in [0.15, 0.2) is 86.6 Å². The van der Waals surface area contributed by atoms with Crippen LogP contribution in [0.1, 0.15) is 194 Å². The Kier molecular flexibility index (Phi) is 64.7. The smallest absolute Gasteiger partial charge is 0.248 e. The van der Waals surface area contributed by atoms with E-state index in [0.29, 0.717) is 35.1 Å². The molecule has 0 aromatic carbocycles. The Balaban J connectivity index is -0.000000169. The van der Waals surface area contributed by atoms with Gasteiger partial charge in [0.2, 0.25) is 41.4 Å². The first-order chi connectivity index (χ1) is 39.4. The maximum Gasteiger partial charge on any atom is 0.248 e. The molecule has 0 aliphatic rings. The highest BCUT2D eigenvalue weighted by molar-refractivity contribution is 5.94. The first-order valence-corrected chi connectivity index (χ1v) is 30.2. The van der Waals surface area contributed by atoms with Crippen LogP contribution in [-0.4, -0.2) is 171 Å². The van der Waals surface area contributed by atoms with E-state index in [9.17, 15) is 43.2 Å². The van der Waals surface area contributed by atoms with Crippen LogP contribution < -0.4 is 26.6 Å². The summed E-state index contributed by atoms with van der Waals surface area (Å²) in [6.45, 7) is 58.8. The molecule has 0 spiro atoms. The standard InChI is InChI=1S/C16H31NO.C10H17NO2.C9H18N2O.C9H15NO2.C8H16N2O.C8H15NO.C7H13NO/c1-4-5-6-7-8-9-10-11-12-13-14-17-16(18)15(2)3;1-7(2)9(13)11-10(4,5)6-8(3)12;1-8(2)9(12)10-6-5-7-11(3)4;1-5-8(12)10-9(3,4)6-7(2)11;1-4-8(11)9-6-5-7-10(2)3;1-5-9(6-2)8(10)7(3)4;1-4-7(9)8(5-2)6-3/h2,4-14H2,1,3H3,(H,17,18);1,6H2,2-5H3,(H,11,13);1,5-7H2,2-4H3,(H,10,12);5H,1,6H2,2-4H3,(H,10,12);4H,1,5-7H2,2-3H3,(H,9,11);3,5-6H2,1-2,4H3;4H,1,5-6H2,2-3H3. The van der Waals surface area contributed by atoms with Gasteiger partial charge in [-0.3, -0.25) is 43.2 Å². The summed E-state index contributed by atoms with van der Waals surface area (Å²) in [5.74, 6) is -0.405. The highest BCUT2D eigenvalue weighted by atomic mass is 16.2. The molecule has 5 N–H and O–H groups in total. The van der Waals surface area contributed by atoms with Gasteiger partial charge in [0.1, 0.15) is 11.6 Å². The Morgan fingerprint density at radius 2 is 0.729 bits per heavy atom. The summed E-state index contributed by atoms with van der Waals surface area (Å²) in [6.07, 6.45) is 19.7. The second-order valence-corrected chi connectivity index (χ2v) is 22.5. The lowest BCUT2D eigenvalue weighted by molar-refractivity contribution is -0.127. The Morgan fingerprint density at radius 3 is 1.00 bits per heavy atom. The van der Waals surface area contributed by atoms with Gasteiger partial charge < -0.3 is 46.2 Å².